The molecular weight excluding hydrogens is 377 g/mol. The summed E-state index contributed by atoms with van der Waals surface area (Å²) < 4.78 is 29.5. The average molecular weight is 403 g/mol. The number of aromatic nitrogens is 2. The molecule has 0 amide bonds. The molecule has 11 heteroatoms. The minimum atomic E-state index is -2.66. The Morgan fingerprint density at radius 2 is 2.15 bits per heavy atom. The lowest BCUT2D eigenvalue weighted by molar-refractivity contribution is -0.149. The normalized spacial score (nSPS) is 24.7. The Bertz CT molecular complexity index is 791. The number of aromatic amines is 1. The summed E-state index contributed by atoms with van der Waals surface area (Å²) in [4.78, 5) is 37.0. The zero-order valence-electron chi connectivity index (χ0n) is 15.8. The standard InChI is InChI=1S/C16H26N3O7P/c1-9(2)25-15(21)11(4)18-27(23)24-8-12-7-10(3)14(26-12)19-6-5-13(20)17-16(19)22/h5-6,9-12,14,27H,7-8H2,1-4H3,(H,18,23)(H,17,20,22)/t10-,11+,12-,14+/m0/s1. The smallest absolute Gasteiger partial charge is 0.330 e. The van der Waals surface area contributed by atoms with Gasteiger partial charge in [-0.15, -0.1) is 0 Å². The van der Waals surface area contributed by atoms with Crippen LogP contribution in [0.1, 0.15) is 40.3 Å². The molecule has 0 spiro atoms. The predicted molar refractivity (Wildman–Crippen MR) is 97.8 cm³/mol. The summed E-state index contributed by atoms with van der Waals surface area (Å²) in [7, 11) is -2.66. The number of nitrogens with zero attached hydrogens (tertiary/aromatic N) is 1. The van der Waals surface area contributed by atoms with Crippen LogP contribution >= 0.6 is 8.18 Å². The van der Waals surface area contributed by atoms with Crippen molar-refractivity contribution in [3.05, 3.63) is 33.1 Å². The maximum Gasteiger partial charge on any atom is 0.330 e. The molecule has 2 heterocycles. The van der Waals surface area contributed by atoms with E-state index >= 15 is 0 Å². The number of esters is 1. The highest BCUT2D eigenvalue weighted by molar-refractivity contribution is 7.36. The van der Waals surface area contributed by atoms with Crippen LogP contribution in [0.2, 0.25) is 0 Å². The molecule has 1 aromatic rings. The van der Waals surface area contributed by atoms with Gasteiger partial charge in [0.15, 0.2) is 0 Å². The molecule has 0 radical (unpaired) electrons. The zero-order chi connectivity index (χ0) is 20.1. The van der Waals surface area contributed by atoms with Gasteiger partial charge in [-0.2, -0.15) is 0 Å². The minimum absolute atomic E-state index is 0.00238. The van der Waals surface area contributed by atoms with Gasteiger partial charge in [0.25, 0.3) is 13.7 Å². The average Bonchev–Trinajstić information content (AvgIpc) is 2.93. The van der Waals surface area contributed by atoms with Crippen molar-refractivity contribution in [1.29, 1.82) is 0 Å². The largest absolute Gasteiger partial charge is 0.462 e. The first-order valence-electron chi connectivity index (χ1n) is 8.78. The van der Waals surface area contributed by atoms with Crippen molar-refractivity contribution in [2.75, 3.05) is 6.61 Å². The quantitative estimate of drug-likeness (QED) is 0.482. The molecule has 10 nitrogen and oxygen atoms in total. The van der Waals surface area contributed by atoms with Crippen molar-refractivity contribution in [1.82, 2.24) is 14.6 Å². The summed E-state index contributed by atoms with van der Waals surface area (Å²) >= 11 is 0. The van der Waals surface area contributed by atoms with E-state index < -0.39 is 37.7 Å². The molecule has 152 valence electrons. The highest BCUT2D eigenvalue weighted by Crippen LogP contribution is 2.34. The molecule has 2 N–H and O–H groups in total. The SMILES string of the molecule is CC(C)OC(=O)[C@@H](C)N[PH](=O)OC[C@@H]1C[C@H](C)[C@H](n2ccc(=O)[nH]c2=O)O1. The predicted octanol–water partition coefficient (Wildman–Crippen LogP) is 0.796. The monoisotopic (exact) mass is 403 g/mol. The second kappa shape index (κ2) is 9.45. The molecule has 27 heavy (non-hydrogen) atoms. The Labute approximate surface area is 157 Å². The molecule has 5 atom stereocenters. The summed E-state index contributed by atoms with van der Waals surface area (Å²) in [6.07, 6.45) is 0.816. The van der Waals surface area contributed by atoms with E-state index in [1.165, 1.54) is 16.8 Å². The zero-order valence-corrected chi connectivity index (χ0v) is 16.8. The summed E-state index contributed by atoms with van der Waals surface area (Å²) in [6, 6.07) is 0.497. The lowest BCUT2D eigenvalue weighted by Crippen LogP contribution is -2.33. The first-order chi connectivity index (χ1) is 12.7. The van der Waals surface area contributed by atoms with Crippen LogP contribution < -0.4 is 16.3 Å². The first-order valence-corrected chi connectivity index (χ1v) is 10.1. The van der Waals surface area contributed by atoms with Gasteiger partial charge in [0, 0.05) is 18.2 Å². The Kier molecular flexibility index (Phi) is 7.55. The van der Waals surface area contributed by atoms with Crippen LogP contribution in [0, 0.1) is 5.92 Å². The third-order valence-corrected chi connectivity index (χ3v) is 5.12. The molecule has 1 saturated heterocycles. The van der Waals surface area contributed by atoms with Gasteiger partial charge < -0.3 is 14.0 Å². The van der Waals surface area contributed by atoms with Gasteiger partial charge in [-0.05, 0) is 27.2 Å². The maximum absolute atomic E-state index is 12.0. The molecule has 0 aliphatic carbocycles. The van der Waals surface area contributed by atoms with E-state index in [0.29, 0.717) is 6.42 Å². The van der Waals surface area contributed by atoms with E-state index in [-0.39, 0.29) is 24.7 Å². The molecular formula is C16H26N3O7P. The summed E-state index contributed by atoms with van der Waals surface area (Å²) in [5.41, 5.74) is -1.02. The molecule has 0 aromatic carbocycles. The molecule has 1 unspecified atom stereocenters. The summed E-state index contributed by atoms with van der Waals surface area (Å²) in [5, 5.41) is 2.58. The van der Waals surface area contributed by atoms with Gasteiger partial charge in [-0.1, -0.05) is 6.92 Å². The Hall–Kier alpha value is -1.74. The molecule has 1 aliphatic heterocycles. The topological polar surface area (TPSA) is 129 Å². The molecule has 0 bridgehead atoms. The van der Waals surface area contributed by atoms with Crippen LogP contribution in [0.3, 0.4) is 0 Å². The Balaban J connectivity index is 1.85. The van der Waals surface area contributed by atoms with E-state index in [2.05, 4.69) is 10.1 Å². The van der Waals surface area contributed by atoms with E-state index in [1.54, 1.807) is 20.8 Å². The highest BCUT2D eigenvalue weighted by Gasteiger charge is 2.34. The summed E-state index contributed by atoms with van der Waals surface area (Å²) in [6.45, 7) is 6.96. The number of hydrogen-bond donors (Lipinski definition) is 2. The van der Waals surface area contributed by atoms with Crippen LogP contribution in [0.4, 0.5) is 0 Å². The van der Waals surface area contributed by atoms with Crippen molar-refractivity contribution in [3.63, 3.8) is 0 Å². The number of H-pyrrole nitrogens is 1. The lowest BCUT2D eigenvalue weighted by atomic mass is 10.1. The van der Waals surface area contributed by atoms with E-state index in [0.717, 1.165) is 0 Å². The fourth-order valence-corrected chi connectivity index (χ4v) is 3.67. The van der Waals surface area contributed by atoms with Crippen molar-refractivity contribution in [3.8, 4) is 0 Å². The van der Waals surface area contributed by atoms with Crippen LogP contribution in [-0.4, -0.2) is 40.4 Å². The Morgan fingerprint density at radius 1 is 1.44 bits per heavy atom. The summed E-state index contributed by atoms with van der Waals surface area (Å²) in [5.74, 6) is -0.507. The molecule has 1 fully saturated rings. The molecule has 1 aromatic heterocycles. The van der Waals surface area contributed by atoms with Gasteiger partial charge >= 0.3 is 11.7 Å². The third kappa shape index (κ3) is 6.14. The fraction of sp³-hybridized carbons (Fsp3) is 0.688. The van der Waals surface area contributed by atoms with E-state index in [1.807, 2.05) is 6.92 Å². The second-order valence-corrected chi connectivity index (χ2v) is 7.98. The van der Waals surface area contributed by atoms with Crippen LogP contribution in [0.25, 0.3) is 0 Å². The van der Waals surface area contributed by atoms with Gasteiger partial charge in [0.1, 0.15) is 12.3 Å². The first kappa shape index (κ1) is 21.6. The van der Waals surface area contributed by atoms with Crippen molar-refractivity contribution < 1.29 is 23.4 Å². The van der Waals surface area contributed by atoms with Crippen LogP contribution in [0.5, 0.6) is 0 Å². The van der Waals surface area contributed by atoms with E-state index in [4.69, 9.17) is 14.0 Å². The van der Waals surface area contributed by atoms with Crippen molar-refractivity contribution >= 4 is 14.1 Å². The lowest BCUT2D eigenvalue weighted by Gasteiger charge is -2.18. The second-order valence-electron chi connectivity index (χ2n) is 6.83. The van der Waals surface area contributed by atoms with Crippen LogP contribution in [0.15, 0.2) is 21.9 Å². The van der Waals surface area contributed by atoms with E-state index in [9.17, 15) is 18.9 Å². The fourth-order valence-electron chi connectivity index (χ4n) is 2.77. The Morgan fingerprint density at radius 3 is 2.78 bits per heavy atom. The number of ether oxygens (including phenoxy) is 2. The number of nitrogens with one attached hydrogen (secondary N) is 2. The van der Waals surface area contributed by atoms with Crippen molar-refractivity contribution in [2.24, 2.45) is 5.92 Å². The van der Waals surface area contributed by atoms with Gasteiger partial charge in [-0.3, -0.25) is 23.7 Å². The van der Waals surface area contributed by atoms with Crippen LogP contribution in [-0.2, 0) is 23.4 Å². The maximum atomic E-state index is 12.0. The third-order valence-electron chi connectivity index (χ3n) is 4.02. The van der Waals surface area contributed by atoms with Gasteiger partial charge in [0.05, 0.1) is 18.8 Å². The highest BCUT2D eigenvalue weighted by atomic mass is 31.1. The number of rotatable bonds is 8. The molecule has 0 saturated carbocycles. The molecule has 2 rings (SSSR count). The van der Waals surface area contributed by atoms with Gasteiger partial charge in [0.2, 0.25) is 0 Å². The number of carbonyl (C=O) groups excluding carboxylic acids is 1. The van der Waals surface area contributed by atoms with Gasteiger partial charge in [-0.25, -0.2) is 9.88 Å². The number of hydrogen-bond acceptors (Lipinski definition) is 7. The van der Waals surface area contributed by atoms with Crippen molar-refractivity contribution in [2.45, 2.75) is 58.6 Å². The number of carbonyl (C=O) groups is 1. The minimum Gasteiger partial charge on any atom is -0.462 e. The molecule has 1 aliphatic rings.